The molecule has 0 aliphatic heterocycles. The van der Waals surface area contributed by atoms with Gasteiger partial charge < -0.3 is 0 Å². The third-order valence-corrected chi connectivity index (χ3v) is 12.9. The second-order valence-electron chi connectivity index (χ2n) is 17.8. The van der Waals surface area contributed by atoms with Gasteiger partial charge in [-0.15, -0.1) is 0 Å². The average Bonchev–Trinajstić information content (AvgIpc) is 3.46. The number of fused-ring (bicyclic) bond motifs is 4. The number of rotatable bonds is 4. The van der Waals surface area contributed by atoms with E-state index < -0.39 is 0 Å². The predicted molar refractivity (Wildman–Crippen MR) is 246 cm³/mol. The summed E-state index contributed by atoms with van der Waals surface area (Å²) >= 11 is 0. The van der Waals surface area contributed by atoms with E-state index in [9.17, 15) is 0 Å². The first-order chi connectivity index (χ1) is 27.6. The second kappa shape index (κ2) is 12.2. The van der Waals surface area contributed by atoms with E-state index in [0.717, 1.165) is 0 Å². The zero-order chi connectivity index (χ0) is 38.6. The molecule has 0 saturated heterocycles. The van der Waals surface area contributed by atoms with Crippen LogP contribution in [-0.4, -0.2) is 0 Å². The molecule has 272 valence electrons. The van der Waals surface area contributed by atoms with Crippen LogP contribution in [0, 0.1) is 0 Å². The van der Waals surface area contributed by atoms with E-state index in [1.807, 2.05) is 0 Å². The van der Waals surface area contributed by atoms with Gasteiger partial charge in [-0.2, -0.15) is 0 Å². The highest BCUT2D eigenvalue weighted by Crippen LogP contribution is 2.51. The quantitative estimate of drug-likeness (QED) is 0.158. The van der Waals surface area contributed by atoms with Gasteiger partial charge in [0.25, 0.3) is 0 Å². The van der Waals surface area contributed by atoms with Crippen molar-refractivity contribution in [1.29, 1.82) is 0 Å². The molecule has 0 N–H and O–H groups in total. The zero-order valence-corrected chi connectivity index (χ0v) is 33.2. The van der Waals surface area contributed by atoms with Gasteiger partial charge >= 0.3 is 0 Å². The number of hydrogen-bond acceptors (Lipinski definition) is 0. The minimum atomic E-state index is -0.125. The topological polar surface area (TPSA) is 0 Å². The lowest BCUT2D eigenvalue weighted by Gasteiger charge is -2.23. The fourth-order valence-corrected chi connectivity index (χ4v) is 9.79. The van der Waals surface area contributed by atoms with E-state index in [0.29, 0.717) is 0 Å². The SMILES string of the molecule is CC(C)(C)c1cc2ccc3ccc(-c4ccc5cc(-c6ccc7c(c6)C(C)(C)c6cc(-c8ccccc8-c8ccccc8)ccc6-7)ccc5c4)c4ccc(c1)c2c34. The standard InChI is InChI=1S/C57H44/c1-56(2,3)45-31-43-20-15-36-21-25-48(51-28-24-44(32-45)54(43)55(36)51)41-19-18-37-29-38(16-17-39(37)30-41)40-22-26-49-50-27-23-42(34-53(50)57(4,5)52(49)33-40)47-14-10-9-13-46(47)35-11-7-6-8-12-35/h6-34H,1-5H3. The lowest BCUT2D eigenvalue weighted by Crippen LogP contribution is -2.15. The fourth-order valence-electron chi connectivity index (χ4n) is 9.79. The number of benzene rings is 10. The van der Waals surface area contributed by atoms with Gasteiger partial charge in [-0.05, 0) is 145 Å². The molecule has 57 heavy (non-hydrogen) atoms. The summed E-state index contributed by atoms with van der Waals surface area (Å²) in [6.45, 7) is 11.7. The summed E-state index contributed by atoms with van der Waals surface area (Å²) in [7, 11) is 0. The Balaban J connectivity index is 0.940. The Hall–Kier alpha value is -6.50. The molecule has 0 fully saturated rings. The van der Waals surface area contributed by atoms with Crippen LogP contribution < -0.4 is 0 Å². The van der Waals surface area contributed by atoms with Crippen LogP contribution in [0.3, 0.4) is 0 Å². The highest BCUT2D eigenvalue weighted by Gasteiger charge is 2.36. The fraction of sp³-hybridized carbons (Fsp3) is 0.123. The maximum absolute atomic E-state index is 2.44. The summed E-state index contributed by atoms with van der Waals surface area (Å²) in [5.74, 6) is 0. The Labute approximate surface area is 335 Å². The van der Waals surface area contributed by atoms with Gasteiger partial charge in [0.05, 0.1) is 0 Å². The molecule has 0 amide bonds. The van der Waals surface area contributed by atoms with E-state index in [1.165, 1.54) is 115 Å². The highest BCUT2D eigenvalue weighted by molar-refractivity contribution is 6.25. The maximum atomic E-state index is 2.44. The molecule has 1 aliphatic carbocycles. The summed E-state index contributed by atoms with van der Waals surface area (Å²) in [4.78, 5) is 0. The smallest absolute Gasteiger partial charge is 0.0159 e. The van der Waals surface area contributed by atoms with Crippen molar-refractivity contribution in [2.24, 2.45) is 0 Å². The first-order valence-corrected chi connectivity index (χ1v) is 20.3. The largest absolute Gasteiger partial charge is 0.0622 e. The van der Waals surface area contributed by atoms with E-state index >= 15 is 0 Å². The Morgan fingerprint density at radius 2 is 0.807 bits per heavy atom. The van der Waals surface area contributed by atoms with Crippen molar-refractivity contribution in [2.75, 3.05) is 0 Å². The number of hydrogen-bond donors (Lipinski definition) is 0. The van der Waals surface area contributed by atoms with Crippen molar-refractivity contribution in [3.8, 4) is 55.6 Å². The second-order valence-corrected chi connectivity index (χ2v) is 17.8. The van der Waals surface area contributed by atoms with Gasteiger partial charge in [-0.25, -0.2) is 0 Å². The predicted octanol–water partition coefficient (Wildman–Crippen LogP) is 16.0. The molecule has 10 aromatic carbocycles. The Bertz CT molecular complexity index is 3200. The molecule has 0 heteroatoms. The van der Waals surface area contributed by atoms with Crippen LogP contribution in [0.2, 0.25) is 0 Å². The van der Waals surface area contributed by atoms with Crippen molar-refractivity contribution in [3.05, 3.63) is 193 Å². The van der Waals surface area contributed by atoms with Crippen molar-refractivity contribution >= 4 is 43.1 Å². The van der Waals surface area contributed by atoms with E-state index in [1.54, 1.807) is 0 Å². The van der Waals surface area contributed by atoms with Crippen LogP contribution >= 0.6 is 0 Å². The first kappa shape index (κ1) is 33.8. The molecule has 0 nitrogen and oxygen atoms in total. The summed E-state index contributed by atoms with van der Waals surface area (Å²) in [5.41, 5.74) is 16.9. The Kier molecular flexibility index (Phi) is 7.26. The van der Waals surface area contributed by atoms with E-state index in [2.05, 4.69) is 211 Å². The van der Waals surface area contributed by atoms with Gasteiger partial charge in [-0.3, -0.25) is 0 Å². The Morgan fingerprint density at radius 1 is 0.333 bits per heavy atom. The molecular formula is C57H44. The summed E-state index contributed by atoms with van der Waals surface area (Å²) in [6, 6.07) is 66.4. The average molecular weight is 729 g/mol. The molecule has 0 unspecified atom stereocenters. The van der Waals surface area contributed by atoms with Crippen molar-refractivity contribution in [3.63, 3.8) is 0 Å². The van der Waals surface area contributed by atoms with Crippen LogP contribution in [0.1, 0.15) is 51.3 Å². The minimum absolute atomic E-state index is 0.102. The Morgan fingerprint density at radius 3 is 1.51 bits per heavy atom. The van der Waals surface area contributed by atoms with Crippen LogP contribution in [-0.2, 0) is 10.8 Å². The van der Waals surface area contributed by atoms with Gasteiger partial charge in [0.2, 0.25) is 0 Å². The first-order valence-electron chi connectivity index (χ1n) is 20.3. The van der Waals surface area contributed by atoms with Gasteiger partial charge in [0, 0.05) is 5.41 Å². The third kappa shape index (κ3) is 5.28. The monoisotopic (exact) mass is 728 g/mol. The summed E-state index contributed by atoms with van der Waals surface area (Å²) in [5, 5.41) is 10.5. The van der Waals surface area contributed by atoms with E-state index in [4.69, 9.17) is 0 Å². The lowest BCUT2D eigenvalue weighted by molar-refractivity contribution is 0.591. The van der Waals surface area contributed by atoms with E-state index in [-0.39, 0.29) is 10.8 Å². The van der Waals surface area contributed by atoms with Crippen molar-refractivity contribution in [1.82, 2.24) is 0 Å². The zero-order valence-electron chi connectivity index (χ0n) is 33.2. The van der Waals surface area contributed by atoms with Crippen LogP contribution in [0.25, 0.3) is 98.7 Å². The summed E-state index contributed by atoms with van der Waals surface area (Å²) in [6.07, 6.45) is 0. The maximum Gasteiger partial charge on any atom is 0.0159 e. The van der Waals surface area contributed by atoms with Gasteiger partial charge in [-0.1, -0.05) is 186 Å². The highest BCUT2D eigenvalue weighted by atomic mass is 14.4. The minimum Gasteiger partial charge on any atom is -0.0622 e. The van der Waals surface area contributed by atoms with Crippen molar-refractivity contribution < 1.29 is 0 Å². The molecule has 10 aromatic rings. The van der Waals surface area contributed by atoms with Crippen LogP contribution in [0.5, 0.6) is 0 Å². The third-order valence-electron chi connectivity index (χ3n) is 12.9. The molecule has 0 heterocycles. The normalized spacial score (nSPS) is 13.5. The molecule has 0 saturated carbocycles. The molecule has 11 rings (SSSR count). The molecule has 0 radical (unpaired) electrons. The van der Waals surface area contributed by atoms with Crippen LogP contribution in [0.4, 0.5) is 0 Å². The van der Waals surface area contributed by atoms with Gasteiger partial charge in [0.15, 0.2) is 0 Å². The lowest BCUT2D eigenvalue weighted by atomic mass is 9.80. The molecule has 0 aromatic heterocycles. The summed E-state index contributed by atoms with van der Waals surface area (Å²) < 4.78 is 0. The molecular weight excluding hydrogens is 685 g/mol. The molecule has 0 spiro atoms. The van der Waals surface area contributed by atoms with Crippen molar-refractivity contribution in [2.45, 2.75) is 45.4 Å². The molecule has 0 bridgehead atoms. The van der Waals surface area contributed by atoms with Crippen LogP contribution in [0.15, 0.2) is 176 Å². The molecule has 0 atom stereocenters. The van der Waals surface area contributed by atoms with Gasteiger partial charge in [0.1, 0.15) is 0 Å². The molecule has 1 aliphatic rings.